The lowest BCUT2D eigenvalue weighted by molar-refractivity contribution is -0.130. The van der Waals surface area contributed by atoms with Gasteiger partial charge in [-0.05, 0) is 43.3 Å². The Morgan fingerprint density at radius 3 is 2.44 bits per heavy atom. The van der Waals surface area contributed by atoms with E-state index in [0.717, 1.165) is 24.5 Å². The summed E-state index contributed by atoms with van der Waals surface area (Å²) in [5.74, 6) is 0.865. The molecule has 1 amide bonds. The highest BCUT2D eigenvalue weighted by Crippen LogP contribution is 2.29. The van der Waals surface area contributed by atoms with Gasteiger partial charge in [-0.15, -0.1) is 16.8 Å². The molecular weight excluding hydrogens is 442 g/mol. The van der Waals surface area contributed by atoms with E-state index in [0.29, 0.717) is 29.8 Å². The molecule has 2 aromatic carbocycles. The van der Waals surface area contributed by atoms with Gasteiger partial charge in [0.2, 0.25) is 5.91 Å². The maximum Gasteiger partial charge on any atom is 0.236 e. The second-order valence-electron chi connectivity index (χ2n) is 7.62. The highest BCUT2D eigenvalue weighted by Gasteiger charge is 2.27. The van der Waals surface area contributed by atoms with Gasteiger partial charge in [0.05, 0.1) is 5.25 Å². The molecule has 1 aliphatic rings. The average Bonchev–Trinajstić information content (AvgIpc) is 3.22. The number of nitrogens with zero attached hydrogens (tertiary/aromatic N) is 5. The summed E-state index contributed by atoms with van der Waals surface area (Å²) in [5.41, 5.74) is 2.13. The van der Waals surface area contributed by atoms with Crippen LogP contribution >= 0.6 is 23.4 Å². The average molecular weight is 468 g/mol. The van der Waals surface area contributed by atoms with Gasteiger partial charge in [0, 0.05) is 49.0 Å². The Balaban J connectivity index is 1.42. The highest BCUT2D eigenvalue weighted by atomic mass is 35.5. The largest absolute Gasteiger partial charge is 0.368 e. The number of hydrogen-bond donors (Lipinski definition) is 0. The van der Waals surface area contributed by atoms with Crippen LogP contribution in [-0.4, -0.2) is 57.0 Å². The van der Waals surface area contributed by atoms with Crippen molar-refractivity contribution in [3.05, 3.63) is 72.3 Å². The standard InChI is InChI=1S/C24H26ClN5OS/c1-3-13-30-22(19-9-11-20(25)12-10-19)26-27-24(30)32-18(2)23(31)29-16-14-28(15-17-29)21-7-5-4-6-8-21/h3-12,18H,1,13-17H2,2H3. The first-order valence-corrected chi connectivity index (χ1v) is 11.9. The fourth-order valence-electron chi connectivity index (χ4n) is 3.77. The minimum absolute atomic E-state index is 0.129. The molecule has 8 heteroatoms. The van der Waals surface area contributed by atoms with Crippen molar-refractivity contribution in [1.82, 2.24) is 19.7 Å². The summed E-state index contributed by atoms with van der Waals surface area (Å²) in [7, 11) is 0. The van der Waals surface area contributed by atoms with Crippen molar-refractivity contribution in [3.63, 3.8) is 0 Å². The third-order valence-electron chi connectivity index (χ3n) is 5.47. The zero-order valence-corrected chi connectivity index (χ0v) is 19.6. The van der Waals surface area contributed by atoms with Gasteiger partial charge in [0.15, 0.2) is 11.0 Å². The van der Waals surface area contributed by atoms with Crippen molar-refractivity contribution in [2.75, 3.05) is 31.1 Å². The van der Waals surface area contributed by atoms with Crippen LogP contribution in [0.3, 0.4) is 0 Å². The Labute approximate surface area is 197 Å². The van der Waals surface area contributed by atoms with Crippen molar-refractivity contribution >= 4 is 35.0 Å². The molecule has 3 aromatic rings. The molecule has 6 nitrogen and oxygen atoms in total. The van der Waals surface area contributed by atoms with Crippen molar-refractivity contribution in [3.8, 4) is 11.4 Å². The summed E-state index contributed by atoms with van der Waals surface area (Å²) in [4.78, 5) is 17.4. The third kappa shape index (κ3) is 5.00. The van der Waals surface area contributed by atoms with Crippen LogP contribution in [-0.2, 0) is 11.3 Å². The number of amides is 1. The molecule has 0 radical (unpaired) electrons. The molecule has 0 spiro atoms. The summed E-state index contributed by atoms with van der Waals surface area (Å²) in [6.07, 6.45) is 1.81. The van der Waals surface area contributed by atoms with Gasteiger partial charge >= 0.3 is 0 Å². The molecule has 4 rings (SSSR count). The molecule has 0 bridgehead atoms. The molecule has 1 aromatic heterocycles. The number of para-hydroxylation sites is 1. The van der Waals surface area contributed by atoms with Gasteiger partial charge in [0.1, 0.15) is 0 Å². The fourth-order valence-corrected chi connectivity index (χ4v) is 4.84. The quantitative estimate of drug-likeness (QED) is 0.375. The number of allylic oxidation sites excluding steroid dienone is 1. The Morgan fingerprint density at radius 1 is 1.09 bits per heavy atom. The van der Waals surface area contributed by atoms with E-state index in [1.165, 1.54) is 17.4 Å². The van der Waals surface area contributed by atoms with E-state index in [1.807, 2.05) is 64.9 Å². The van der Waals surface area contributed by atoms with E-state index < -0.39 is 0 Å². The van der Waals surface area contributed by atoms with Crippen LogP contribution in [0.4, 0.5) is 5.69 Å². The van der Waals surface area contributed by atoms with Crippen LogP contribution in [0.2, 0.25) is 5.02 Å². The van der Waals surface area contributed by atoms with E-state index in [-0.39, 0.29) is 11.2 Å². The first kappa shape index (κ1) is 22.4. The number of carbonyl (C=O) groups excluding carboxylic acids is 1. The van der Waals surface area contributed by atoms with Crippen molar-refractivity contribution < 1.29 is 4.79 Å². The number of halogens is 1. The summed E-state index contributed by atoms with van der Waals surface area (Å²) >= 11 is 7.46. The summed E-state index contributed by atoms with van der Waals surface area (Å²) < 4.78 is 1.98. The van der Waals surface area contributed by atoms with Gasteiger partial charge in [-0.1, -0.05) is 47.6 Å². The number of benzene rings is 2. The Morgan fingerprint density at radius 2 is 1.78 bits per heavy atom. The number of anilines is 1. The highest BCUT2D eigenvalue weighted by molar-refractivity contribution is 8.00. The summed E-state index contributed by atoms with van der Waals surface area (Å²) in [5, 5.41) is 9.86. The Kier molecular flexibility index (Phi) is 7.17. The lowest BCUT2D eigenvalue weighted by atomic mass is 10.2. The van der Waals surface area contributed by atoms with Crippen LogP contribution in [0.25, 0.3) is 11.4 Å². The molecule has 1 atom stereocenters. The normalized spacial score (nSPS) is 14.9. The Hall–Kier alpha value is -2.77. The minimum atomic E-state index is -0.260. The first-order chi connectivity index (χ1) is 15.6. The Bertz CT molecular complexity index is 1060. The fraction of sp³-hybridized carbons (Fsp3) is 0.292. The number of piperazine rings is 1. The van der Waals surface area contributed by atoms with Crippen molar-refractivity contribution in [2.24, 2.45) is 0 Å². The van der Waals surface area contributed by atoms with Gasteiger partial charge in [-0.25, -0.2) is 0 Å². The van der Waals surface area contributed by atoms with E-state index >= 15 is 0 Å². The van der Waals surface area contributed by atoms with Gasteiger partial charge in [-0.3, -0.25) is 9.36 Å². The first-order valence-electron chi connectivity index (χ1n) is 10.6. The lowest BCUT2D eigenvalue weighted by Gasteiger charge is -2.37. The molecule has 0 saturated carbocycles. The van der Waals surface area contributed by atoms with E-state index in [9.17, 15) is 4.79 Å². The van der Waals surface area contributed by atoms with Crippen molar-refractivity contribution in [1.29, 1.82) is 0 Å². The zero-order chi connectivity index (χ0) is 22.5. The third-order valence-corrected chi connectivity index (χ3v) is 6.79. The molecule has 1 aliphatic heterocycles. The number of thioether (sulfide) groups is 1. The molecule has 1 saturated heterocycles. The van der Waals surface area contributed by atoms with Gasteiger partial charge < -0.3 is 9.80 Å². The maximum atomic E-state index is 13.1. The minimum Gasteiger partial charge on any atom is -0.368 e. The molecule has 1 unspecified atom stereocenters. The maximum absolute atomic E-state index is 13.1. The topological polar surface area (TPSA) is 54.3 Å². The molecule has 2 heterocycles. The van der Waals surface area contributed by atoms with Crippen molar-refractivity contribution in [2.45, 2.75) is 23.9 Å². The molecule has 32 heavy (non-hydrogen) atoms. The molecule has 1 fully saturated rings. The number of hydrogen-bond acceptors (Lipinski definition) is 5. The monoisotopic (exact) mass is 467 g/mol. The van der Waals surface area contributed by atoms with Crippen LogP contribution in [0.15, 0.2) is 72.4 Å². The van der Waals surface area contributed by atoms with E-state index in [1.54, 1.807) is 0 Å². The molecular formula is C24H26ClN5OS. The van der Waals surface area contributed by atoms with Crippen LogP contribution in [0.1, 0.15) is 6.92 Å². The van der Waals surface area contributed by atoms with Crippen LogP contribution in [0.5, 0.6) is 0 Å². The van der Waals surface area contributed by atoms with Crippen LogP contribution < -0.4 is 4.90 Å². The number of rotatable bonds is 7. The SMILES string of the molecule is C=CCn1c(SC(C)C(=O)N2CCN(c3ccccc3)CC2)nnc1-c1ccc(Cl)cc1. The second-order valence-corrected chi connectivity index (χ2v) is 9.36. The predicted octanol–water partition coefficient (Wildman–Crippen LogP) is 4.61. The lowest BCUT2D eigenvalue weighted by Crippen LogP contribution is -2.50. The van der Waals surface area contributed by atoms with Crippen LogP contribution in [0, 0.1) is 0 Å². The summed E-state index contributed by atoms with van der Waals surface area (Å²) in [6.45, 7) is 9.45. The smallest absolute Gasteiger partial charge is 0.236 e. The van der Waals surface area contributed by atoms with Gasteiger partial charge in [0.25, 0.3) is 0 Å². The zero-order valence-electron chi connectivity index (χ0n) is 18.0. The molecule has 0 N–H and O–H groups in total. The summed E-state index contributed by atoms with van der Waals surface area (Å²) in [6, 6.07) is 17.8. The molecule has 166 valence electrons. The predicted molar refractivity (Wildman–Crippen MR) is 131 cm³/mol. The molecule has 0 aliphatic carbocycles. The van der Waals surface area contributed by atoms with Gasteiger partial charge in [-0.2, -0.15) is 0 Å². The van der Waals surface area contributed by atoms with E-state index in [4.69, 9.17) is 11.6 Å². The second kappa shape index (κ2) is 10.2. The number of aromatic nitrogens is 3. The number of carbonyl (C=O) groups is 1. The van der Waals surface area contributed by atoms with E-state index in [2.05, 4.69) is 33.8 Å².